The Hall–Kier alpha value is -1.43. The maximum Gasteiger partial charge on any atom is 0.225 e. The van der Waals surface area contributed by atoms with Crippen molar-refractivity contribution in [3.63, 3.8) is 0 Å². The Morgan fingerprint density at radius 3 is 1.84 bits per heavy atom. The molecule has 0 aromatic carbocycles. The number of nitrogens with zero attached hydrogens (tertiary/aromatic N) is 4. The molecule has 0 saturated heterocycles. The Labute approximate surface area is 115 Å². The third-order valence-corrected chi connectivity index (χ3v) is 3.02. The van der Waals surface area contributed by atoms with Gasteiger partial charge in [0.1, 0.15) is 5.82 Å². The monoisotopic (exact) mass is 266 g/mol. The average molecular weight is 266 g/mol. The first-order valence-corrected chi connectivity index (χ1v) is 7.14. The zero-order valence-corrected chi connectivity index (χ0v) is 12.1. The largest absolute Gasteiger partial charge is 0.368 e. The number of nitrogen functional groups attached to an aromatic ring is 2. The first-order chi connectivity index (χ1) is 9.15. The number of anilines is 2. The van der Waals surface area contributed by atoms with Gasteiger partial charge in [-0.2, -0.15) is 15.0 Å². The molecule has 0 aliphatic heterocycles. The van der Waals surface area contributed by atoms with Crippen LogP contribution < -0.4 is 11.5 Å². The zero-order chi connectivity index (χ0) is 14.1. The lowest BCUT2D eigenvalue weighted by Gasteiger charge is -2.21. The average Bonchev–Trinajstić information content (AvgIpc) is 2.37. The van der Waals surface area contributed by atoms with Crippen LogP contribution in [0.3, 0.4) is 0 Å². The van der Waals surface area contributed by atoms with E-state index < -0.39 is 0 Å². The van der Waals surface area contributed by atoms with Crippen molar-refractivity contribution in [3.05, 3.63) is 5.82 Å². The summed E-state index contributed by atoms with van der Waals surface area (Å²) in [6, 6.07) is 0. The van der Waals surface area contributed by atoms with Gasteiger partial charge in [0.2, 0.25) is 11.9 Å². The quantitative estimate of drug-likeness (QED) is 0.703. The van der Waals surface area contributed by atoms with E-state index in [-0.39, 0.29) is 11.9 Å². The molecule has 0 amide bonds. The molecule has 1 aromatic heterocycles. The minimum absolute atomic E-state index is 0.205. The van der Waals surface area contributed by atoms with Gasteiger partial charge >= 0.3 is 0 Å². The van der Waals surface area contributed by atoms with Crippen LogP contribution in [0.2, 0.25) is 0 Å². The van der Waals surface area contributed by atoms with Crippen LogP contribution >= 0.6 is 0 Å². The fourth-order valence-corrected chi connectivity index (χ4v) is 1.93. The van der Waals surface area contributed by atoms with Crippen LogP contribution in [0.15, 0.2) is 0 Å². The third kappa shape index (κ3) is 6.33. The van der Waals surface area contributed by atoms with Crippen LogP contribution in [0.5, 0.6) is 0 Å². The smallest absolute Gasteiger partial charge is 0.225 e. The van der Waals surface area contributed by atoms with Gasteiger partial charge in [-0.15, -0.1) is 0 Å². The second-order valence-electron chi connectivity index (χ2n) is 4.77. The number of unbranched alkanes of at least 4 members (excludes halogenated alkanes) is 2. The molecule has 108 valence electrons. The molecule has 1 aromatic rings. The van der Waals surface area contributed by atoms with Gasteiger partial charge in [-0.3, -0.25) is 0 Å². The molecule has 0 aliphatic carbocycles. The lowest BCUT2D eigenvalue weighted by Crippen LogP contribution is -2.29. The number of hydrogen-bond donors (Lipinski definition) is 2. The van der Waals surface area contributed by atoms with E-state index in [0.29, 0.717) is 5.82 Å². The van der Waals surface area contributed by atoms with E-state index in [1.54, 1.807) is 0 Å². The van der Waals surface area contributed by atoms with E-state index in [1.165, 1.54) is 25.7 Å². The van der Waals surface area contributed by atoms with Crippen LogP contribution in [-0.4, -0.2) is 39.5 Å². The Kier molecular flexibility index (Phi) is 7.10. The minimum Gasteiger partial charge on any atom is -0.368 e. The van der Waals surface area contributed by atoms with E-state index in [2.05, 4.69) is 33.7 Å². The molecule has 0 radical (unpaired) electrons. The van der Waals surface area contributed by atoms with Gasteiger partial charge in [0, 0.05) is 13.0 Å². The molecule has 0 saturated carbocycles. The van der Waals surface area contributed by atoms with Gasteiger partial charge < -0.3 is 16.4 Å². The maximum atomic E-state index is 5.57. The highest BCUT2D eigenvalue weighted by Crippen LogP contribution is 2.04. The third-order valence-electron chi connectivity index (χ3n) is 3.02. The van der Waals surface area contributed by atoms with E-state index in [9.17, 15) is 0 Å². The fourth-order valence-electron chi connectivity index (χ4n) is 1.93. The fraction of sp³-hybridized carbons (Fsp3) is 0.769. The SMILES string of the molecule is CCCCN(CCCC)CCc1nc(N)nc(N)n1. The Bertz CT molecular complexity index is 340. The van der Waals surface area contributed by atoms with Crippen molar-refractivity contribution in [1.29, 1.82) is 0 Å². The summed E-state index contributed by atoms with van der Waals surface area (Å²) in [5.41, 5.74) is 11.1. The maximum absolute atomic E-state index is 5.57. The predicted molar refractivity (Wildman–Crippen MR) is 78.6 cm³/mol. The van der Waals surface area contributed by atoms with E-state index in [0.717, 1.165) is 26.1 Å². The van der Waals surface area contributed by atoms with Crippen LogP contribution in [0, 0.1) is 0 Å². The second kappa shape index (κ2) is 8.63. The van der Waals surface area contributed by atoms with Gasteiger partial charge in [0.25, 0.3) is 0 Å². The molecule has 0 bridgehead atoms. The van der Waals surface area contributed by atoms with Crippen LogP contribution in [0.1, 0.15) is 45.4 Å². The molecule has 0 unspecified atom stereocenters. The first kappa shape index (κ1) is 15.6. The molecule has 1 rings (SSSR count). The van der Waals surface area contributed by atoms with Crippen molar-refractivity contribution in [3.8, 4) is 0 Å². The molecule has 6 nitrogen and oxygen atoms in total. The molecular formula is C13H26N6. The first-order valence-electron chi connectivity index (χ1n) is 7.14. The van der Waals surface area contributed by atoms with Gasteiger partial charge in [0.15, 0.2) is 0 Å². The van der Waals surface area contributed by atoms with Crippen molar-refractivity contribution in [2.75, 3.05) is 31.1 Å². The van der Waals surface area contributed by atoms with Crippen molar-refractivity contribution in [2.45, 2.75) is 46.0 Å². The molecule has 0 spiro atoms. The number of nitrogens with two attached hydrogens (primary N) is 2. The zero-order valence-electron chi connectivity index (χ0n) is 12.1. The van der Waals surface area contributed by atoms with E-state index >= 15 is 0 Å². The highest BCUT2D eigenvalue weighted by molar-refractivity contribution is 5.25. The van der Waals surface area contributed by atoms with E-state index in [4.69, 9.17) is 11.5 Å². The van der Waals surface area contributed by atoms with Gasteiger partial charge in [0.05, 0.1) is 0 Å². The Balaban J connectivity index is 2.48. The van der Waals surface area contributed by atoms with Crippen molar-refractivity contribution in [1.82, 2.24) is 19.9 Å². The predicted octanol–water partition coefficient (Wildman–Crippen LogP) is 1.48. The molecule has 0 atom stereocenters. The summed E-state index contributed by atoms with van der Waals surface area (Å²) >= 11 is 0. The molecule has 0 fully saturated rings. The standard InChI is InChI=1S/C13H26N6/c1-3-5-8-19(9-6-4-2)10-7-11-16-12(14)18-13(15)17-11/h3-10H2,1-2H3,(H4,14,15,16,17,18). The summed E-state index contributed by atoms with van der Waals surface area (Å²) in [4.78, 5) is 14.5. The van der Waals surface area contributed by atoms with Gasteiger partial charge in [-0.1, -0.05) is 26.7 Å². The lowest BCUT2D eigenvalue weighted by atomic mass is 10.2. The lowest BCUT2D eigenvalue weighted by molar-refractivity contribution is 0.267. The van der Waals surface area contributed by atoms with Crippen LogP contribution in [-0.2, 0) is 6.42 Å². The summed E-state index contributed by atoms with van der Waals surface area (Å²) in [5, 5.41) is 0. The summed E-state index contributed by atoms with van der Waals surface area (Å²) in [7, 11) is 0. The highest BCUT2D eigenvalue weighted by Gasteiger charge is 2.07. The normalized spacial score (nSPS) is 11.1. The number of aromatic nitrogens is 3. The molecule has 0 aliphatic rings. The molecule has 1 heterocycles. The molecular weight excluding hydrogens is 240 g/mol. The van der Waals surface area contributed by atoms with Crippen LogP contribution in [0.25, 0.3) is 0 Å². The minimum atomic E-state index is 0.205. The Morgan fingerprint density at radius 1 is 0.842 bits per heavy atom. The van der Waals surface area contributed by atoms with Crippen molar-refractivity contribution in [2.24, 2.45) is 0 Å². The number of hydrogen-bond acceptors (Lipinski definition) is 6. The summed E-state index contributed by atoms with van der Waals surface area (Å²) in [5.74, 6) is 1.09. The molecule has 4 N–H and O–H groups in total. The highest BCUT2D eigenvalue weighted by atomic mass is 15.2. The molecule has 19 heavy (non-hydrogen) atoms. The van der Waals surface area contributed by atoms with E-state index in [1.807, 2.05) is 0 Å². The second-order valence-corrected chi connectivity index (χ2v) is 4.77. The summed E-state index contributed by atoms with van der Waals surface area (Å²) in [6.45, 7) is 7.64. The van der Waals surface area contributed by atoms with Gasteiger partial charge in [-0.05, 0) is 25.9 Å². The van der Waals surface area contributed by atoms with Crippen molar-refractivity contribution >= 4 is 11.9 Å². The summed E-state index contributed by atoms with van der Waals surface area (Å²) in [6.07, 6.45) is 5.66. The summed E-state index contributed by atoms with van der Waals surface area (Å²) < 4.78 is 0. The Morgan fingerprint density at radius 2 is 1.37 bits per heavy atom. The topological polar surface area (TPSA) is 94.0 Å². The molecule has 6 heteroatoms. The van der Waals surface area contributed by atoms with Gasteiger partial charge in [-0.25, -0.2) is 0 Å². The van der Waals surface area contributed by atoms with Crippen molar-refractivity contribution < 1.29 is 0 Å². The number of rotatable bonds is 9. The van der Waals surface area contributed by atoms with Crippen LogP contribution in [0.4, 0.5) is 11.9 Å².